The molecule has 1 aliphatic rings. The number of nitrogens with one attached hydrogen (secondary N) is 2. The molecule has 2 rings (SSSR count). The maximum Gasteiger partial charge on any atom is 0.248 e. The molecule has 1 unspecified atom stereocenters. The van der Waals surface area contributed by atoms with Gasteiger partial charge in [-0.2, -0.15) is 4.98 Å². The second kappa shape index (κ2) is 4.63. The van der Waals surface area contributed by atoms with Crippen molar-refractivity contribution >= 4 is 11.9 Å². The van der Waals surface area contributed by atoms with Crippen molar-refractivity contribution in [2.45, 2.75) is 45.4 Å². The number of nitrogens with zero attached hydrogens (tertiary/aromatic N) is 2. The number of anilines is 1. The molecule has 1 aliphatic carbocycles. The predicted molar refractivity (Wildman–Crippen MR) is 61.1 cm³/mol. The Balaban J connectivity index is 1.94. The zero-order chi connectivity index (χ0) is 11.5. The van der Waals surface area contributed by atoms with Crippen molar-refractivity contribution in [3.63, 3.8) is 0 Å². The minimum atomic E-state index is -0.0124. The van der Waals surface area contributed by atoms with Gasteiger partial charge < -0.3 is 0 Å². The molecule has 1 fully saturated rings. The summed E-state index contributed by atoms with van der Waals surface area (Å²) in [4.78, 5) is 15.9. The SMILES string of the molecule is CCC(C)C(=O)Nc1n[nH]c(C2CCC2)n1. The van der Waals surface area contributed by atoms with Crippen LogP contribution in [0.25, 0.3) is 0 Å². The molecule has 1 heterocycles. The van der Waals surface area contributed by atoms with Gasteiger partial charge in [0.25, 0.3) is 0 Å². The number of carbonyl (C=O) groups excluding carboxylic acids is 1. The molecule has 1 atom stereocenters. The monoisotopic (exact) mass is 222 g/mol. The summed E-state index contributed by atoms with van der Waals surface area (Å²) < 4.78 is 0. The maximum atomic E-state index is 11.6. The normalized spacial score (nSPS) is 17.9. The molecule has 1 saturated carbocycles. The van der Waals surface area contributed by atoms with Crippen LogP contribution in [0.1, 0.15) is 51.3 Å². The van der Waals surface area contributed by atoms with Crippen molar-refractivity contribution in [2.75, 3.05) is 5.32 Å². The Kier molecular flexibility index (Phi) is 3.22. The average Bonchev–Trinajstić information content (AvgIpc) is 2.62. The van der Waals surface area contributed by atoms with Crippen LogP contribution >= 0.6 is 0 Å². The van der Waals surface area contributed by atoms with E-state index in [2.05, 4.69) is 20.5 Å². The van der Waals surface area contributed by atoms with Crippen LogP contribution in [-0.2, 0) is 4.79 Å². The Hall–Kier alpha value is -1.39. The van der Waals surface area contributed by atoms with Crippen LogP contribution in [0.5, 0.6) is 0 Å². The number of aromatic nitrogens is 3. The van der Waals surface area contributed by atoms with E-state index in [1.165, 1.54) is 19.3 Å². The molecule has 0 aliphatic heterocycles. The smallest absolute Gasteiger partial charge is 0.248 e. The Morgan fingerprint density at radius 1 is 1.62 bits per heavy atom. The topological polar surface area (TPSA) is 70.7 Å². The molecular weight excluding hydrogens is 204 g/mol. The highest BCUT2D eigenvalue weighted by molar-refractivity contribution is 5.90. The van der Waals surface area contributed by atoms with Crippen molar-refractivity contribution in [1.82, 2.24) is 15.2 Å². The summed E-state index contributed by atoms with van der Waals surface area (Å²) in [6.45, 7) is 3.89. The molecule has 88 valence electrons. The molecule has 0 saturated heterocycles. The van der Waals surface area contributed by atoms with E-state index >= 15 is 0 Å². The molecule has 2 N–H and O–H groups in total. The van der Waals surface area contributed by atoms with E-state index in [-0.39, 0.29) is 11.8 Å². The van der Waals surface area contributed by atoms with Gasteiger partial charge in [-0.3, -0.25) is 15.2 Å². The predicted octanol–water partition coefficient (Wildman–Crippen LogP) is 2.06. The molecule has 0 spiro atoms. The summed E-state index contributed by atoms with van der Waals surface area (Å²) in [5.74, 6) is 1.83. The lowest BCUT2D eigenvalue weighted by atomic mass is 9.85. The van der Waals surface area contributed by atoms with Crippen LogP contribution in [0.4, 0.5) is 5.95 Å². The summed E-state index contributed by atoms with van der Waals surface area (Å²) >= 11 is 0. The lowest BCUT2D eigenvalue weighted by molar-refractivity contribution is -0.119. The summed E-state index contributed by atoms with van der Waals surface area (Å²) in [6.07, 6.45) is 4.44. The lowest BCUT2D eigenvalue weighted by Crippen LogP contribution is -2.20. The number of hydrogen-bond acceptors (Lipinski definition) is 3. The second-order valence-corrected chi connectivity index (χ2v) is 4.47. The van der Waals surface area contributed by atoms with Crippen LogP contribution < -0.4 is 5.32 Å². The standard InChI is InChI=1S/C11H18N4O/c1-3-7(2)10(16)13-11-12-9(14-15-11)8-5-4-6-8/h7-8H,3-6H2,1-2H3,(H2,12,13,14,15,16). The maximum absolute atomic E-state index is 11.6. The first-order valence-corrected chi connectivity index (χ1v) is 5.94. The number of H-pyrrole nitrogens is 1. The van der Waals surface area contributed by atoms with E-state index in [9.17, 15) is 4.79 Å². The van der Waals surface area contributed by atoms with Gasteiger partial charge in [-0.25, -0.2) is 0 Å². The highest BCUT2D eigenvalue weighted by Gasteiger charge is 2.23. The van der Waals surface area contributed by atoms with Gasteiger partial charge >= 0.3 is 0 Å². The van der Waals surface area contributed by atoms with E-state index in [0.29, 0.717) is 11.9 Å². The minimum Gasteiger partial charge on any atom is -0.293 e. The number of carbonyl (C=O) groups is 1. The van der Waals surface area contributed by atoms with Crippen molar-refractivity contribution in [3.05, 3.63) is 5.82 Å². The fourth-order valence-electron chi connectivity index (χ4n) is 1.61. The van der Waals surface area contributed by atoms with E-state index in [4.69, 9.17) is 0 Å². The van der Waals surface area contributed by atoms with Gasteiger partial charge in [-0.15, -0.1) is 5.10 Å². The zero-order valence-corrected chi connectivity index (χ0v) is 9.79. The van der Waals surface area contributed by atoms with Crippen LogP contribution in [0, 0.1) is 5.92 Å². The third-order valence-electron chi connectivity index (χ3n) is 3.29. The molecule has 5 heteroatoms. The molecule has 1 aromatic heterocycles. The van der Waals surface area contributed by atoms with Crippen molar-refractivity contribution in [2.24, 2.45) is 5.92 Å². The molecule has 0 aromatic carbocycles. The van der Waals surface area contributed by atoms with E-state index in [0.717, 1.165) is 12.2 Å². The highest BCUT2D eigenvalue weighted by Crippen LogP contribution is 2.34. The van der Waals surface area contributed by atoms with Gasteiger partial charge in [0, 0.05) is 11.8 Å². The number of amides is 1. The molecule has 5 nitrogen and oxygen atoms in total. The van der Waals surface area contributed by atoms with Gasteiger partial charge in [0.1, 0.15) is 5.82 Å². The Morgan fingerprint density at radius 3 is 2.94 bits per heavy atom. The summed E-state index contributed by atoms with van der Waals surface area (Å²) in [5, 5.41) is 9.63. The Bertz CT molecular complexity index is 370. The molecular formula is C11H18N4O. The fraction of sp³-hybridized carbons (Fsp3) is 0.727. The number of hydrogen-bond donors (Lipinski definition) is 2. The quantitative estimate of drug-likeness (QED) is 0.819. The second-order valence-electron chi connectivity index (χ2n) is 4.47. The average molecular weight is 222 g/mol. The lowest BCUT2D eigenvalue weighted by Gasteiger charge is -2.22. The molecule has 16 heavy (non-hydrogen) atoms. The summed E-state index contributed by atoms with van der Waals surface area (Å²) in [7, 11) is 0. The zero-order valence-electron chi connectivity index (χ0n) is 9.79. The Morgan fingerprint density at radius 2 is 2.38 bits per heavy atom. The summed E-state index contributed by atoms with van der Waals surface area (Å²) in [5.41, 5.74) is 0. The van der Waals surface area contributed by atoms with Crippen molar-refractivity contribution in [3.8, 4) is 0 Å². The van der Waals surface area contributed by atoms with Gasteiger partial charge in [0.15, 0.2) is 0 Å². The van der Waals surface area contributed by atoms with Gasteiger partial charge in [-0.05, 0) is 19.3 Å². The largest absolute Gasteiger partial charge is 0.293 e. The first-order valence-electron chi connectivity index (χ1n) is 5.94. The van der Waals surface area contributed by atoms with Crippen LogP contribution in [0.15, 0.2) is 0 Å². The summed E-state index contributed by atoms with van der Waals surface area (Å²) in [6, 6.07) is 0. The first-order chi connectivity index (χ1) is 7.70. The number of rotatable bonds is 4. The molecule has 0 bridgehead atoms. The van der Waals surface area contributed by atoms with Gasteiger partial charge in [0.05, 0.1) is 0 Å². The molecule has 1 amide bonds. The van der Waals surface area contributed by atoms with E-state index in [1.54, 1.807) is 0 Å². The minimum absolute atomic E-state index is 0.00523. The van der Waals surface area contributed by atoms with Gasteiger partial charge in [-0.1, -0.05) is 20.3 Å². The fourth-order valence-corrected chi connectivity index (χ4v) is 1.61. The third kappa shape index (κ3) is 2.23. The molecule has 0 radical (unpaired) electrons. The molecule has 1 aromatic rings. The first kappa shape index (κ1) is 11.1. The van der Waals surface area contributed by atoms with Gasteiger partial charge in [0.2, 0.25) is 11.9 Å². The third-order valence-corrected chi connectivity index (χ3v) is 3.29. The highest BCUT2D eigenvalue weighted by atomic mass is 16.2. The van der Waals surface area contributed by atoms with E-state index in [1.807, 2.05) is 13.8 Å². The van der Waals surface area contributed by atoms with Crippen molar-refractivity contribution in [1.29, 1.82) is 0 Å². The number of aromatic amines is 1. The van der Waals surface area contributed by atoms with Crippen LogP contribution in [-0.4, -0.2) is 21.1 Å². The van der Waals surface area contributed by atoms with Crippen LogP contribution in [0.3, 0.4) is 0 Å². The van der Waals surface area contributed by atoms with Crippen molar-refractivity contribution < 1.29 is 4.79 Å². The van der Waals surface area contributed by atoms with E-state index < -0.39 is 0 Å². The van der Waals surface area contributed by atoms with Crippen LogP contribution in [0.2, 0.25) is 0 Å². The Labute approximate surface area is 95.0 Å².